The molecule has 1 N–H and O–H groups in total. The summed E-state index contributed by atoms with van der Waals surface area (Å²) in [5.41, 5.74) is 4.51. The van der Waals surface area contributed by atoms with E-state index in [1.165, 1.54) is 5.56 Å². The summed E-state index contributed by atoms with van der Waals surface area (Å²) in [4.78, 5) is 22.8. The van der Waals surface area contributed by atoms with Gasteiger partial charge < -0.3 is 10.2 Å². The first kappa shape index (κ1) is 12.6. The van der Waals surface area contributed by atoms with Crippen LogP contribution >= 0.6 is 0 Å². The maximum atomic E-state index is 12.0. The number of rotatable bonds is 2. The van der Waals surface area contributed by atoms with Gasteiger partial charge in [0.25, 0.3) is 5.91 Å². The minimum absolute atomic E-state index is 0.173. The normalized spacial score (nSPS) is 16.7. The van der Waals surface area contributed by atoms with Crippen molar-refractivity contribution < 1.29 is 4.79 Å². The SMILES string of the molecule is C=CCN1C2=NCNC(=O)C2=Nc2cc(C)c(C)cc21. The summed E-state index contributed by atoms with van der Waals surface area (Å²) in [5, 5.41) is 2.69. The van der Waals surface area contributed by atoms with Crippen molar-refractivity contribution in [3.05, 3.63) is 35.9 Å². The van der Waals surface area contributed by atoms with Crippen LogP contribution in [-0.4, -0.2) is 30.7 Å². The molecule has 1 amide bonds. The maximum absolute atomic E-state index is 12.0. The van der Waals surface area contributed by atoms with Gasteiger partial charge in [-0.15, -0.1) is 6.58 Å². The Morgan fingerprint density at radius 1 is 1.40 bits per heavy atom. The van der Waals surface area contributed by atoms with Crippen LogP contribution in [0.1, 0.15) is 11.1 Å². The van der Waals surface area contributed by atoms with Gasteiger partial charge in [-0.1, -0.05) is 6.08 Å². The molecule has 20 heavy (non-hydrogen) atoms. The Labute approximate surface area is 117 Å². The number of carbonyl (C=O) groups excluding carboxylic acids is 1. The lowest BCUT2D eigenvalue weighted by atomic mass is 10.0. The van der Waals surface area contributed by atoms with E-state index in [1.54, 1.807) is 6.08 Å². The smallest absolute Gasteiger partial charge is 0.275 e. The predicted octanol–water partition coefficient (Wildman–Crippen LogP) is 1.87. The summed E-state index contributed by atoms with van der Waals surface area (Å²) in [7, 11) is 0. The molecule has 0 saturated carbocycles. The molecular weight excluding hydrogens is 252 g/mol. The molecular formula is C15H16N4O. The van der Waals surface area contributed by atoms with Crippen LogP contribution in [0, 0.1) is 13.8 Å². The topological polar surface area (TPSA) is 57.1 Å². The summed E-state index contributed by atoms with van der Waals surface area (Å²) in [6.07, 6.45) is 1.80. The minimum Gasteiger partial charge on any atom is -0.331 e. The van der Waals surface area contributed by atoms with Crippen molar-refractivity contribution in [1.29, 1.82) is 0 Å². The number of nitrogens with zero attached hydrogens (tertiary/aromatic N) is 3. The summed E-state index contributed by atoms with van der Waals surface area (Å²) in [6.45, 7) is 8.78. The van der Waals surface area contributed by atoms with E-state index in [0.717, 1.165) is 16.9 Å². The van der Waals surface area contributed by atoms with Gasteiger partial charge in [0.15, 0.2) is 11.5 Å². The maximum Gasteiger partial charge on any atom is 0.275 e. The molecule has 3 rings (SSSR count). The van der Waals surface area contributed by atoms with Gasteiger partial charge in [-0.05, 0) is 37.1 Å². The Kier molecular flexibility index (Phi) is 2.89. The van der Waals surface area contributed by atoms with Gasteiger partial charge in [0.2, 0.25) is 0 Å². The molecule has 2 aliphatic heterocycles. The van der Waals surface area contributed by atoms with Crippen molar-refractivity contribution in [3.8, 4) is 0 Å². The Hall–Kier alpha value is -2.43. The number of benzene rings is 1. The van der Waals surface area contributed by atoms with Gasteiger partial charge in [0.1, 0.15) is 6.67 Å². The number of amidine groups is 1. The van der Waals surface area contributed by atoms with Crippen LogP contribution in [0.15, 0.2) is 34.8 Å². The third kappa shape index (κ3) is 1.82. The average molecular weight is 268 g/mol. The molecule has 2 aliphatic rings. The van der Waals surface area contributed by atoms with Crippen molar-refractivity contribution in [1.82, 2.24) is 5.32 Å². The molecule has 5 heteroatoms. The van der Waals surface area contributed by atoms with E-state index in [9.17, 15) is 4.79 Å². The fraction of sp³-hybridized carbons (Fsp3) is 0.267. The molecule has 0 aliphatic carbocycles. The largest absolute Gasteiger partial charge is 0.331 e. The van der Waals surface area contributed by atoms with Crippen LogP contribution in [0.2, 0.25) is 0 Å². The lowest BCUT2D eigenvalue weighted by molar-refractivity contribution is -0.114. The number of hydrogen-bond donors (Lipinski definition) is 1. The van der Waals surface area contributed by atoms with Crippen molar-refractivity contribution in [2.45, 2.75) is 13.8 Å². The van der Waals surface area contributed by atoms with Crippen LogP contribution in [0.3, 0.4) is 0 Å². The quantitative estimate of drug-likeness (QED) is 0.832. The van der Waals surface area contributed by atoms with E-state index in [1.807, 2.05) is 17.9 Å². The first-order valence-corrected chi connectivity index (χ1v) is 6.53. The highest BCUT2D eigenvalue weighted by atomic mass is 16.2. The Morgan fingerprint density at radius 2 is 2.15 bits per heavy atom. The van der Waals surface area contributed by atoms with Crippen LogP contribution in [-0.2, 0) is 4.79 Å². The Balaban J connectivity index is 2.23. The van der Waals surface area contributed by atoms with Gasteiger partial charge in [0.05, 0.1) is 11.4 Å². The summed E-state index contributed by atoms with van der Waals surface area (Å²) in [6, 6.07) is 4.09. The third-order valence-corrected chi connectivity index (χ3v) is 3.58. The molecule has 0 bridgehead atoms. The van der Waals surface area contributed by atoms with Crippen molar-refractivity contribution in [2.24, 2.45) is 9.98 Å². The molecule has 0 fully saturated rings. The fourth-order valence-corrected chi connectivity index (χ4v) is 2.40. The van der Waals surface area contributed by atoms with E-state index in [2.05, 4.69) is 34.9 Å². The minimum atomic E-state index is -0.173. The predicted molar refractivity (Wildman–Crippen MR) is 81.0 cm³/mol. The second-order valence-corrected chi connectivity index (χ2v) is 4.93. The zero-order chi connectivity index (χ0) is 14.3. The molecule has 102 valence electrons. The summed E-state index contributed by atoms with van der Waals surface area (Å²) in [5.74, 6) is 0.456. The van der Waals surface area contributed by atoms with Gasteiger partial charge in [-0.3, -0.25) is 4.79 Å². The van der Waals surface area contributed by atoms with Crippen LogP contribution < -0.4 is 10.2 Å². The second kappa shape index (κ2) is 4.59. The summed E-state index contributed by atoms with van der Waals surface area (Å²) < 4.78 is 0. The standard InChI is InChI=1S/C15H16N4O/c1-4-5-19-12-7-10(3)9(2)6-11(12)18-13-14(19)16-8-17-15(13)20/h4,6-7H,1,5,8H2,2-3H3,(H,17,20). The van der Waals surface area contributed by atoms with E-state index >= 15 is 0 Å². The first-order chi connectivity index (χ1) is 9.61. The average Bonchev–Trinajstić information content (AvgIpc) is 2.42. The number of hydrogen-bond acceptors (Lipinski definition) is 4. The number of carbonyl (C=O) groups is 1. The number of amides is 1. The fourth-order valence-electron chi connectivity index (χ4n) is 2.40. The van der Waals surface area contributed by atoms with Crippen LogP contribution in [0.4, 0.5) is 11.4 Å². The molecule has 0 aromatic heterocycles. The summed E-state index contributed by atoms with van der Waals surface area (Å²) >= 11 is 0. The first-order valence-electron chi connectivity index (χ1n) is 6.53. The van der Waals surface area contributed by atoms with Crippen molar-refractivity contribution in [2.75, 3.05) is 18.1 Å². The number of nitrogens with one attached hydrogen (secondary N) is 1. The molecule has 0 spiro atoms. The van der Waals surface area contributed by atoms with E-state index < -0.39 is 0 Å². The highest BCUT2D eigenvalue weighted by Gasteiger charge is 2.32. The molecule has 1 aromatic rings. The lowest BCUT2D eigenvalue weighted by Crippen LogP contribution is -2.50. The molecule has 0 atom stereocenters. The van der Waals surface area contributed by atoms with Crippen LogP contribution in [0.5, 0.6) is 0 Å². The highest BCUT2D eigenvalue weighted by molar-refractivity contribution is 6.70. The second-order valence-electron chi connectivity index (χ2n) is 4.93. The molecule has 0 saturated heterocycles. The lowest BCUT2D eigenvalue weighted by Gasteiger charge is -2.32. The Morgan fingerprint density at radius 3 is 2.90 bits per heavy atom. The number of aliphatic imine (C=N–C) groups is 2. The van der Waals surface area contributed by atoms with Gasteiger partial charge in [0, 0.05) is 6.54 Å². The molecule has 0 radical (unpaired) electrons. The molecule has 2 heterocycles. The molecule has 1 aromatic carbocycles. The van der Waals surface area contributed by atoms with Gasteiger partial charge >= 0.3 is 0 Å². The number of aryl methyl sites for hydroxylation is 2. The molecule has 5 nitrogen and oxygen atoms in total. The monoisotopic (exact) mass is 268 g/mol. The van der Waals surface area contributed by atoms with Crippen molar-refractivity contribution in [3.63, 3.8) is 0 Å². The van der Waals surface area contributed by atoms with E-state index in [4.69, 9.17) is 0 Å². The number of fused-ring (bicyclic) bond motifs is 2. The van der Waals surface area contributed by atoms with Crippen molar-refractivity contribution >= 4 is 28.8 Å². The third-order valence-electron chi connectivity index (χ3n) is 3.58. The van der Waals surface area contributed by atoms with E-state index in [0.29, 0.717) is 24.8 Å². The highest BCUT2D eigenvalue weighted by Crippen LogP contribution is 2.35. The van der Waals surface area contributed by atoms with E-state index in [-0.39, 0.29) is 5.91 Å². The molecule has 0 unspecified atom stereocenters. The zero-order valence-corrected chi connectivity index (χ0v) is 11.6. The zero-order valence-electron chi connectivity index (χ0n) is 11.6. The van der Waals surface area contributed by atoms with Gasteiger partial charge in [-0.25, -0.2) is 9.98 Å². The van der Waals surface area contributed by atoms with Gasteiger partial charge in [-0.2, -0.15) is 0 Å². The Bertz CT molecular complexity index is 673. The van der Waals surface area contributed by atoms with Crippen LogP contribution in [0.25, 0.3) is 0 Å². The number of anilines is 1.